The van der Waals surface area contributed by atoms with E-state index in [9.17, 15) is 4.79 Å². The van der Waals surface area contributed by atoms with Crippen molar-refractivity contribution in [1.82, 2.24) is 4.98 Å². The Morgan fingerprint density at radius 1 is 1.30 bits per heavy atom. The first kappa shape index (κ1) is 14.3. The van der Waals surface area contributed by atoms with E-state index >= 15 is 0 Å². The summed E-state index contributed by atoms with van der Waals surface area (Å²) in [5.41, 5.74) is 12.8. The molecule has 0 aliphatic rings. The molecule has 0 aliphatic heterocycles. The van der Waals surface area contributed by atoms with Crippen molar-refractivity contribution in [2.45, 2.75) is 6.54 Å². The summed E-state index contributed by atoms with van der Waals surface area (Å²) in [7, 11) is 0. The lowest BCUT2D eigenvalue weighted by Crippen LogP contribution is -2.34. The van der Waals surface area contributed by atoms with E-state index in [1.807, 2.05) is 36.4 Å². The lowest BCUT2D eigenvalue weighted by Gasteiger charge is -2.23. The number of pyridine rings is 1. The van der Waals surface area contributed by atoms with Crippen molar-refractivity contribution in [2.75, 3.05) is 17.2 Å². The van der Waals surface area contributed by atoms with Crippen LogP contribution in [0.15, 0.2) is 47.1 Å². The maximum absolute atomic E-state index is 11.3. The molecule has 1 aromatic carbocycles. The van der Waals surface area contributed by atoms with Crippen LogP contribution in [-0.4, -0.2) is 17.4 Å². The molecule has 0 fully saturated rings. The average molecular weight is 335 g/mol. The van der Waals surface area contributed by atoms with E-state index in [1.165, 1.54) is 0 Å². The summed E-state index contributed by atoms with van der Waals surface area (Å²) in [5, 5.41) is 0. The number of hydrogen-bond acceptors (Lipinski definition) is 4. The molecular formula is C14H15BrN4O. The number of nitrogens with two attached hydrogens (primary N) is 2. The van der Waals surface area contributed by atoms with E-state index in [1.54, 1.807) is 11.1 Å². The highest BCUT2D eigenvalue weighted by Crippen LogP contribution is 2.24. The van der Waals surface area contributed by atoms with Crippen LogP contribution in [0.5, 0.6) is 0 Å². The van der Waals surface area contributed by atoms with Crippen LogP contribution in [0.2, 0.25) is 0 Å². The van der Waals surface area contributed by atoms with Crippen molar-refractivity contribution in [1.29, 1.82) is 0 Å². The number of carbonyl (C=O) groups excluding carboxylic acids is 1. The Balaban J connectivity index is 2.29. The Bertz CT molecular complexity index is 618. The molecule has 1 aromatic heterocycles. The largest absolute Gasteiger partial charge is 0.399 e. The lowest BCUT2D eigenvalue weighted by atomic mass is 10.2. The molecule has 6 heteroatoms. The van der Waals surface area contributed by atoms with E-state index in [0.29, 0.717) is 18.1 Å². The van der Waals surface area contributed by atoms with Gasteiger partial charge in [0.25, 0.3) is 0 Å². The lowest BCUT2D eigenvalue weighted by molar-refractivity contribution is -0.116. The number of nitrogens with zero attached hydrogens (tertiary/aromatic N) is 2. The van der Waals surface area contributed by atoms with Gasteiger partial charge in [-0.2, -0.15) is 0 Å². The molecule has 1 amide bonds. The molecule has 0 unspecified atom stereocenters. The van der Waals surface area contributed by atoms with E-state index in [-0.39, 0.29) is 6.54 Å². The van der Waals surface area contributed by atoms with Crippen molar-refractivity contribution in [3.05, 3.63) is 52.6 Å². The number of amides is 1. The highest BCUT2D eigenvalue weighted by Gasteiger charge is 2.14. The summed E-state index contributed by atoms with van der Waals surface area (Å²) in [6.45, 7) is 0.591. The van der Waals surface area contributed by atoms with Crippen LogP contribution in [0.3, 0.4) is 0 Å². The first-order chi connectivity index (χ1) is 9.56. The Hall–Kier alpha value is -2.08. The Morgan fingerprint density at radius 3 is 2.75 bits per heavy atom. The van der Waals surface area contributed by atoms with Crippen LogP contribution in [0, 0.1) is 0 Å². The van der Waals surface area contributed by atoms with Crippen molar-refractivity contribution < 1.29 is 4.79 Å². The predicted octanol–water partition coefficient (Wildman–Crippen LogP) is 1.92. The summed E-state index contributed by atoms with van der Waals surface area (Å²) in [4.78, 5) is 17.4. The number of nitrogen functional groups attached to an aromatic ring is 1. The number of aromatic nitrogens is 1. The first-order valence-corrected chi connectivity index (χ1v) is 6.84. The standard InChI is InChI=1S/C14H15BrN4O/c15-12-5-2-6-18-14(12)19(9-13(17)20)8-10-3-1-4-11(16)7-10/h1-7H,8-9,16H2,(H2,17,20). The molecule has 20 heavy (non-hydrogen) atoms. The van der Waals surface area contributed by atoms with Crippen LogP contribution in [0.4, 0.5) is 11.5 Å². The molecule has 2 rings (SSSR count). The Labute approximate surface area is 125 Å². The van der Waals surface area contributed by atoms with Crippen LogP contribution < -0.4 is 16.4 Å². The summed E-state index contributed by atoms with van der Waals surface area (Å²) in [6.07, 6.45) is 1.67. The molecule has 0 radical (unpaired) electrons. The molecule has 0 aliphatic carbocycles. The zero-order chi connectivity index (χ0) is 14.5. The fourth-order valence-electron chi connectivity index (χ4n) is 1.92. The number of hydrogen-bond donors (Lipinski definition) is 2. The van der Waals surface area contributed by atoms with Gasteiger partial charge in [0.1, 0.15) is 5.82 Å². The minimum Gasteiger partial charge on any atom is -0.399 e. The van der Waals surface area contributed by atoms with Gasteiger partial charge in [-0.3, -0.25) is 4.79 Å². The third-order valence-corrected chi connectivity index (χ3v) is 3.33. The van der Waals surface area contributed by atoms with Gasteiger partial charge >= 0.3 is 0 Å². The summed E-state index contributed by atoms with van der Waals surface area (Å²) in [6, 6.07) is 11.2. The molecule has 0 spiro atoms. The van der Waals surface area contributed by atoms with Crippen LogP contribution in [-0.2, 0) is 11.3 Å². The molecule has 0 saturated carbocycles. The molecule has 0 saturated heterocycles. The smallest absolute Gasteiger partial charge is 0.237 e. The molecule has 0 bridgehead atoms. The van der Waals surface area contributed by atoms with Gasteiger partial charge < -0.3 is 16.4 Å². The van der Waals surface area contributed by atoms with Crippen molar-refractivity contribution in [3.63, 3.8) is 0 Å². The quantitative estimate of drug-likeness (QED) is 0.818. The van der Waals surface area contributed by atoms with E-state index in [2.05, 4.69) is 20.9 Å². The highest BCUT2D eigenvalue weighted by atomic mass is 79.9. The molecule has 5 nitrogen and oxygen atoms in total. The normalized spacial score (nSPS) is 10.2. The van der Waals surface area contributed by atoms with Gasteiger partial charge in [0.15, 0.2) is 0 Å². The van der Waals surface area contributed by atoms with Crippen LogP contribution in [0.1, 0.15) is 5.56 Å². The minimum atomic E-state index is -0.411. The second-order valence-electron chi connectivity index (χ2n) is 4.38. The molecule has 104 valence electrons. The van der Waals surface area contributed by atoms with Crippen LogP contribution >= 0.6 is 15.9 Å². The van der Waals surface area contributed by atoms with Gasteiger partial charge in [-0.1, -0.05) is 12.1 Å². The zero-order valence-electron chi connectivity index (χ0n) is 10.8. The van der Waals surface area contributed by atoms with E-state index < -0.39 is 5.91 Å². The molecule has 0 atom stereocenters. The number of halogens is 1. The van der Waals surface area contributed by atoms with Gasteiger partial charge in [0.2, 0.25) is 5.91 Å². The molecular weight excluding hydrogens is 320 g/mol. The fraction of sp³-hybridized carbons (Fsp3) is 0.143. The minimum absolute atomic E-state index is 0.0877. The monoisotopic (exact) mass is 334 g/mol. The van der Waals surface area contributed by atoms with Gasteiger partial charge in [0, 0.05) is 18.4 Å². The number of carbonyl (C=O) groups is 1. The Morgan fingerprint density at radius 2 is 2.10 bits per heavy atom. The molecule has 4 N–H and O–H groups in total. The first-order valence-electron chi connectivity index (χ1n) is 6.04. The van der Waals surface area contributed by atoms with Gasteiger partial charge in [0.05, 0.1) is 11.0 Å². The van der Waals surface area contributed by atoms with Crippen molar-refractivity contribution in [2.24, 2.45) is 5.73 Å². The third-order valence-electron chi connectivity index (χ3n) is 2.71. The van der Waals surface area contributed by atoms with Crippen molar-refractivity contribution in [3.8, 4) is 0 Å². The van der Waals surface area contributed by atoms with Gasteiger partial charge in [-0.05, 0) is 45.8 Å². The number of rotatable bonds is 5. The second kappa shape index (κ2) is 6.38. The zero-order valence-corrected chi connectivity index (χ0v) is 12.4. The molecule has 1 heterocycles. The summed E-state index contributed by atoms with van der Waals surface area (Å²) in [5.74, 6) is 0.264. The van der Waals surface area contributed by atoms with E-state index in [4.69, 9.17) is 11.5 Å². The fourth-order valence-corrected chi connectivity index (χ4v) is 2.42. The number of primary amides is 1. The maximum Gasteiger partial charge on any atom is 0.237 e. The average Bonchev–Trinajstić information content (AvgIpc) is 2.38. The predicted molar refractivity (Wildman–Crippen MR) is 83.0 cm³/mol. The third kappa shape index (κ3) is 3.71. The van der Waals surface area contributed by atoms with E-state index in [0.717, 1.165) is 10.0 Å². The summed E-state index contributed by atoms with van der Waals surface area (Å²) < 4.78 is 0.810. The number of benzene rings is 1. The second-order valence-corrected chi connectivity index (χ2v) is 5.23. The topological polar surface area (TPSA) is 85.2 Å². The number of anilines is 2. The van der Waals surface area contributed by atoms with Gasteiger partial charge in [-0.25, -0.2) is 4.98 Å². The SMILES string of the molecule is NC(=O)CN(Cc1cccc(N)c1)c1ncccc1Br. The van der Waals surface area contributed by atoms with Gasteiger partial charge in [-0.15, -0.1) is 0 Å². The highest BCUT2D eigenvalue weighted by molar-refractivity contribution is 9.10. The van der Waals surface area contributed by atoms with Crippen molar-refractivity contribution >= 4 is 33.3 Å². The summed E-state index contributed by atoms with van der Waals surface area (Å²) >= 11 is 3.43. The maximum atomic E-state index is 11.3. The Kier molecular flexibility index (Phi) is 4.57. The van der Waals surface area contributed by atoms with Crippen LogP contribution in [0.25, 0.3) is 0 Å². The molecule has 2 aromatic rings.